The van der Waals surface area contributed by atoms with Crippen molar-refractivity contribution in [3.05, 3.63) is 24.0 Å². The van der Waals surface area contributed by atoms with Crippen molar-refractivity contribution in [2.45, 2.75) is 13.5 Å². The molecule has 5 heteroatoms. The van der Waals surface area contributed by atoms with Crippen molar-refractivity contribution < 1.29 is 9.90 Å². The predicted molar refractivity (Wildman–Crippen MR) is 49.9 cm³/mol. The van der Waals surface area contributed by atoms with Gasteiger partial charge >= 0.3 is 5.97 Å². The van der Waals surface area contributed by atoms with Crippen molar-refractivity contribution in [1.29, 1.82) is 0 Å². The minimum absolute atomic E-state index is 0.153. The lowest BCUT2D eigenvalue weighted by atomic mass is 10.3. The molecule has 0 aromatic carbocycles. The van der Waals surface area contributed by atoms with E-state index in [9.17, 15) is 4.79 Å². The van der Waals surface area contributed by atoms with Crippen molar-refractivity contribution in [3.63, 3.8) is 0 Å². The third-order valence-electron chi connectivity index (χ3n) is 1.90. The number of carbonyl (C=O) groups is 1. The number of carboxylic acids is 1. The van der Waals surface area contributed by atoms with E-state index in [2.05, 4.69) is 10.1 Å². The molecule has 0 bridgehead atoms. The predicted octanol–water partition coefficient (Wildman–Crippen LogP) is 0.824. The van der Waals surface area contributed by atoms with Gasteiger partial charge in [0.15, 0.2) is 5.65 Å². The van der Waals surface area contributed by atoms with E-state index in [4.69, 9.17) is 5.11 Å². The second-order valence-corrected chi connectivity index (χ2v) is 3.12. The van der Waals surface area contributed by atoms with E-state index < -0.39 is 5.97 Å². The normalized spacial score (nSPS) is 10.6. The monoisotopic (exact) mass is 191 g/mol. The van der Waals surface area contributed by atoms with Crippen molar-refractivity contribution >= 4 is 17.0 Å². The Morgan fingerprint density at radius 2 is 2.36 bits per heavy atom. The van der Waals surface area contributed by atoms with Gasteiger partial charge < -0.3 is 5.11 Å². The molecule has 0 saturated heterocycles. The fourth-order valence-corrected chi connectivity index (χ4v) is 1.33. The molecule has 72 valence electrons. The van der Waals surface area contributed by atoms with Crippen molar-refractivity contribution in [3.8, 4) is 0 Å². The summed E-state index contributed by atoms with van der Waals surface area (Å²) in [5.41, 5.74) is 1.64. The molecule has 0 radical (unpaired) electrons. The molecule has 2 rings (SSSR count). The molecular weight excluding hydrogens is 182 g/mol. The molecule has 14 heavy (non-hydrogen) atoms. The maximum atomic E-state index is 10.5. The Hall–Kier alpha value is -1.91. The third-order valence-corrected chi connectivity index (χ3v) is 1.90. The average molecular weight is 191 g/mol. The molecular formula is C9H9N3O2. The van der Waals surface area contributed by atoms with Gasteiger partial charge in [-0.05, 0) is 18.6 Å². The van der Waals surface area contributed by atoms with Gasteiger partial charge in [0.2, 0.25) is 0 Å². The highest BCUT2D eigenvalue weighted by Crippen LogP contribution is 2.11. The van der Waals surface area contributed by atoms with Gasteiger partial charge in [0.1, 0.15) is 6.54 Å². The number of rotatable bonds is 2. The lowest BCUT2D eigenvalue weighted by molar-refractivity contribution is -0.137. The number of hydrogen-bond donors (Lipinski definition) is 1. The van der Waals surface area contributed by atoms with Crippen LogP contribution in [0.1, 0.15) is 5.56 Å². The van der Waals surface area contributed by atoms with Crippen LogP contribution in [0, 0.1) is 6.92 Å². The summed E-state index contributed by atoms with van der Waals surface area (Å²) in [4.78, 5) is 14.6. The Morgan fingerprint density at radius 3 is 3.07 bits per heavy atom. The molecule has 0 aliphatic carbocycles. The molecule has 2 heterocycles. The Kier molecular flexibility index (Phi) is 1.92. The lowest BCUT2D eigenvalue weighted by Crippen LogP contribution is -2.10. The van der Waals surface area contributed by atoms with E-state index in [1.54, 1.807) is 12.4 Å². The first kappa shape index (κ1) is 8.68. The fraction of sp³-hybridized carbons (Fsp3) is 0.222. The molecule has 2 aromatic rings. The number of nitrogens with zero attached hydrogens (tertiary/aromatic N) is 3. The Morgan fingerprint density at radius 1 is 1.57 bits per heavy atom. The fourth-order valence-electron chi connectivity index (χ4n) is 1.33. The van der Waals surface area contributed by atoms with Crippen LogP contribution in [0.15, 0.2) is 18.5 Å². The number of aryl methyl sites for hydroxylation is 1. The molecule has 0 fully saturated rings. The summed E-state index contributed by atoms with van der Waals surface area (Å²) >= 11 is 0. The standard InChI is InChI=1S/C9H9N3O2/c1-6-2-7-4-11-12(5-8(13)14)9(7)10-3-6/h2-4H,5H2,1H3,(H,13,14). The summed E-state index contributed by atoms with van der Waals surface area (Å²) in [7, 11) is 0. The Bertz CT molecular complexity index is 490. The molecule has 5 nitrogen and oxygen atoms in total. The molecule has 2 aromatic heterocycles. The summed E-state index contributed by atoms with van der Waals surface area (Å²) in [6.45, 7) is 1.78. The number of carboxylic acid groups (broad SMARTS) is 1. The summed E-state index contributed by atoms with van der Waals surface area (Å²) < 4.78 is 1.37. The van der Waals surface area contributed by atoms with E-state index in [1.807, 2.05) is 13.0 Å². The van der Waals surface area contributed by atoms with E-state index in [1.165, 1.54) is 4.68 Å². The minimum atomic E-state index is -0.919. The first-order valence-electron chi connectivity index (χ1n) is 4.17. The summed E-state index contributed by atoms with van der Waals surface area (Å²) in [5.74, 6) is -0.919. The minimum Gasteiger partial charge on any atom is -0.480 e. The quantitative estimate of drug-likeness (QED) is 0.763. The number of pyridine rings is 1. The van der Waals surface area contributed by atoms with E-state index in [0.29, 0.717) is 5.65 Å². The third kappa shape index (κ3) is 1.44. The zero-order valence-corrected chi connectivity index (χ0v) is 7.64. The highest BCUT2D eigenvalue weighted by Gasteiger charge is 2.06. The molecule has 1 N–H and O–H groups in total. The van der Waals surface area contributed by atoms with Crippen LogP contribution in [0.4, 0.5) is 0 Å². The van der Waals surface area contributed by atoms with Gasteiger partial charge in [0.05, 0.1) is 6.20 Å². The van der Waals surface area contributed by atoms with Crippen molar-refractivity contribution in [1.82, 2.24) is 14.8 Å². The average Bonchev–Trinajstić information content (AvgIpc) is 2.47. The molecule has 0 unspecified atom stereocenters. The second kappa shape index (κ2) is 3.10. The van der Waals surface area contributed by atoms with Gasteiger partial charge in [-0.3, -0.25) is 4.79 Å². The van der Waals surface area contributed by atoms with Gasteiger partial charge in [0, 0.05) is 11.6 Å². The first-order chi connectivity index (χ1) is 6.66. The zero-order valence-electron chi connectivity index (χ0n) is 7.64. The topological polar surface area (TPSA) is 68.0 Å². The van der Waals surface area contributed by atoms with Crippen LogP contribution < -0.4 is 0 Å². The summed E-state index contributed by atoms with van der Waals surface area (Å²) in [6.07, 6.45) is 3.32. The Balaban J connectivity index is 2.52. The smallest absolute Gasteiger partial charge is 0.325 e. The highest BCUT2D eigenvalue weighted by atomic mass is 16.4. The molecule has 0 amide bonds. The van der Waals surface area contributed by atoms with Crippen LogP contribution in [-0.2, 0) is 11.3 Å². The van der Waals surface area contributed by atoms with Crippen LogP contribution in [0.2, 0.25) is 0 Å². The SMILES string of the molecule is Cc1cnc2c(cnn2CC(=O)O)c1. The molecule has 0 aliphatic rings. The number of fused-ring (bicyclic) bond motifs is 1. The van der Waals surface area contributed by atoms with Crippen LogP contribution in [0.3, 0.4) is 0 Å². The van der Waals surface area contributed by atoms with E-state index in [-0.39, 0.29) is 6.54 Å². The van der Waals surface area contributed by atoms with Crippen molar-refractivity contribution in [2.75, 3.05) is 0 Å². The van der Waals surface area contributed by atoms with Gasteiger partial charge in [0.25, 0.3) is 0 Å². The van der Waals surface area contributed by atoms with E-state index in [0.717, 1.165) is 10.9 Å². The number of hydrogen-bond acceptors (Lipinski definition) is 3. The Labute approximate surface area is 80.0 Å². The number of aromatic nitrogens is 3. The van der Waals surface area contributed by atoms with Crippen LogP contribution in [0.5, 0.6) is 0 Å². The van der Waals surface area contributed by atoms with Gasteiger partial charge in [-0.25, -0.2) is 9.67 Å². The molecule has 0 aliphatic heterocycles. The van der Waals surface area contributed by atoms with Gasteiger partial charge in [-0.2, -0.15) is 5.10 Å². The van der Waals surface area contributed by atoms with Crippen molar-refractivity contribution in [2.24, 2.45) is 0 Å². The van der Waals surface area contributed by atoms with Gasteiger partial charge in [-0.1, -0.05) is 0 Å². The first-order valence-corrected chi connectivity index (χ1v) is 4.17. The molecule has 0 atom stereocenters. The van der Waals surface area contributed by atoms with E-state index >= 15 is 0 Å². The second-order valence-electron chi connectivity index (χ2n) is 3.12. The van der Waals surface area contributed by atoms with Crippen LogP contribution in [0.25, 0.3) is 11.0 Å². The molecule has 0 saturated carbocycles. The van der Waals surface area contributed by atoms with Crippen LogP contribution in [-0.4, -0.2) is 25.8 Å². The summed E-state index contributed by atoms with van der Waals surface area (Å²) in [6, 6.07) is 1.92. The highest BCUT2D eigenvalue weighted by molar-refractivity contribution is 5.77. The maximum Gasteiger partial charge on any atom is 0.325 e. The van der Waals surface area contributed by atoms with Gasteiger partial charge in [-0.15, -0.1) is 0 Å². The number of aliphatic carboxylic acids is 1. The largest absolute Gasteiger partial charge is 0.480 e. The molecule has 0 spiro atoms. The zero-order chi connectivity index (χ0) is 10.1. The summed E-state index contributed by atoms with van der Waals surface area (Å²) in [5, 5.41) is 13.4. The maximum absolute atomic E-state index is 10.5. The lowest BCUT2D eigenvalue weighted by Gasteiger charge is -1.97. The van der Waals surface area contributed by atoms with Crippen LogP contribution >= 0.6 is 0 Å².